The van der Waals surface area contributed by atoms with Gasteiger partial charge in [0.25, 0.3) is 0 Å². The van der Waals surface area contributed by atoms with Crippen molar-refractivity contribution in [3.8, 4) is 0 Å². The second kappa shape index (κ2) is 7.78. The highest BCUT2D eigenvalue weighted by Crippen LogP contribution is 2.31. The van der Waals surface area contributed by atoms with Crippen molar-refractivity contribution in [1.82, 2.24) is 9.97 Å². The number of hydrogen-bond donors (Lipinski definition) is 3. The highest BCUT2D eigenvalue weighted by atomic mass is 16.1. The Morgan fingerprint density at radius 3 is 2.80 bits per heavy atom. The Labute approximate surface area is 176 Å². The number of rotatable bonds is 4. The van der Waals surface area contributed by atoms with Gasteiger partial charge in [0.2, 0.25) is 11.9 Å². The van der Waals surface area contributed by atoms with Crippen LogP contribution in [0.3, 0.4) is 0 Å². The Bertz CT molecular complexity index is 1120. The zero-order valence-electron chi connectivity index (χ0n) is 17.1. The van der Waals surface area contributed by atoms with E-state index in [9.17, 15) is 4.79 Å². The molecule has 6 nitrogen and oxygen atoms in total. The van der Waals surface area contributed by atoms with Crippen LogP contribution in [-0.2, 0) is 24.1 Å². The Balaban J connectivity index is 1.39. The molecule has 2 aromatic carbocycles. The molecule has 1 aliphatic heterocycles. The summed E-state index contributed by atoms with van der Waals surface area (Å²) in [6.07, 6.45) is 7.85. The summed E-state index contributed by atoms with van der Waals surface area (Å²) in [6, 6.07) is 12.4. The quantitative estimate of drug-likeness (QED) is 0.573. The molecule has 1 amide bonds. The van der Waals surface area contributed by atoms with Gasteiger partial charge in [0.05, 0.1) is 0 Å². The Kier molecular flexibility index (Phi) is 4.83. The van der Waals surface area contributed by atoms with E-state index in [2.05, 4.69) is 45.2 Å². The molecule has 0 spiro atoms. The van der Waals surface area contributed by atoms with Gasteiger partial charge in [-0.1, -0.05) is 12.1 Å². The molecule has 0 saturated carbocycles. The predicted octanol–water partition coefficient (Wildman–Crippen LogP) is 5.04. The van der Waals surface area contributed by atoms with Crippen molar-refractivity contribution in [2.75, 3.05) is 16.0 Å². The summed E-state index contributed by atoms with van der Waals surface area (Å²) in [5.41, 5.74) is 7.88. The lowest BCUT2D eigenvalue weighted by molar-refractivity contribution is -0.116. The topological polar surface area (TPSA) is 78.9 Å². The van der Waals surface area contributed by atoms with Crippen LogP contribution in [0, 0.1) is 6.92 Å². The lowest BCUT2D eigenvalue weighted by atomic mass is 9.90. The Hall–Kier alpha value is -3.41. The fourth-order valence-corrected chi connectivity index (χ4v) is 4.25. The lowest BCUT2D eigenvalue weighted by Crippen LogP contribution is -2.18. The van der Waals surface area contributed by atoms with Crippen molar-refractivity contribution in [2.24, 2.45) is 0 Å². The number of anilines is 5. The van der Waals surface area contributed by atoms with E-state index in [0.29, 0.717) is 12.4 Å². The van der Waals surface area contributed by atoms with E-state index in [1.54, 1.807) is 0 Å². The molecule has 1 aliphatic carbocycles. The Morgan fingerprint density at radius 2 is 1.87 bits per heavy atom. The van der Waals surface area contributed by atoms with Gasteiger partial charge in [-0.15, -0.1) is 0 Å². The number of benzene rings is 2. The molecule has 30 heavy (non-hydrogen) atoms. The second-order valence-corrected chi connectivity index (χ2v) is 8.05. The first-order chi connectivity index (χ1) is 14.7. The van der Waals surface area contributed by atoms with Crippen molar-refractivity contribution in [1.29, 1.82) is 0 Å². The van der Waals surface area contributed by atoms with Crippen LogP contribution in [0.25, 0.3) is 0 Å². The van der Waals surface area contributed by atoms with Crippen molar-refractivity contribution in [3.63, 3.8) is 0 Å². The molecule has 0 saturated heterocycles. The third-order valence-corrected chi connectivity index (χ3v) is 5.88. The minimum Gasteiger partial charge on any atom is -0.340 e. The molecule has 152 valence electrons. The van der Waals surface area contributed by atoms with E-state index in [-0.39, 0.29) is 5.91 Å². The Morgan fingerprint density at radius 1 is 0.967 bits per heavy atom. The zero-order valence-corrected chi connectivity index (χ0v) is 17.1. The first-order valence-corrected chi connectivity index (χ1v) is 10.6. The molecule has 5 rings (SSSR count). The fraction of sp³-hybridized carbons (Fsp3) is 0.292. The number of hydrogen-bond acceptors (Lipinski definition) is 5. The molecule has 2 aliphatic rings. The molecule has 3 aromatic rings. The van der Waals surface area contributed by atoms with E-state index in [4.69, 9.17) is 4.98 Å². The highest BCUT2D eigenvalue weighted by Gasteiger charge is 2.16. The van der Waals surface area contributed by atoms with Gasteiger partial charge in [-0.25, -0.2) is 4.98 Å². The zero-order chi connectivity index (χ0) is 20.5. The molecule has 0 bridgehead atoms. The van der Waals surface area contributed by atoms with Crippen LogP contribution >= 0.6 is 0 Å². The van der Waals surface area contributed by atoms with Crippen LogP contribution in [0.2, 0.25) is 0 Å². The second-order valence-electron chi connectivity index (χ2n) is 8.05. The SMILES string of the molecule is Cc1cnc(Nc2cccc3c2CCCC3)nc1Nc1ccc2c(c1)CCC(=O)N2. The van der Waals surface area contributed by atoms with Gasteiger partial charge < -0.3 is 16.0 Å². The average molecular weight is 399 g/mol. The number of amides is 1. The van der Waals surface area contributed by atoms with Gasteiger partial charge in [0, 0.05) is 35.2 Å². The van der Waals surface area contributed by atoms with Gasteiger partial charge >= 0.3 is 0 Å². The number of nitrogens with one attached hydrogen (secondary N) is 3. The molecule has 0 unspecified atom stereocenters. The monoisotopic (exact) mass is 399 g/mol. The number of fused-ring (bicyclic) bond motifs is 2. The van der Waals surface area contributed by atoms with Crippen LogP contribution in [0.1, 0.15) is 41.5 Å². The first-order valence-electron chi connectivity index (χ1n) is 10.6. The number of aromatic nitrogens is 2. The van der Waals surface area contributed by atoms with Crippen LogP contribution in [-0.4, -0.2) is 15.9 Å². The lowest BCUT2D eigenvalue weighted by Gasteiger charge is -2.20. The van der Waals surface area contributed by atoms with Gasteiger partial charge in [-0.3, -0.25) is 4.79 Å². The summed E-state index contributed by atoms with van der Waals surface area (Å²) in [7, 11) is 0. The molecule has 2 heterocycles. The van der Waals surface area contributed by atoms with Crippen LogP contribution < -0.4 is 16.0 Å². The molecule has 3 N–H and O–H groups in total. The maximum atomic E-state index is 11.6. The summed E-state index contributed by atoms with van der Waals surface area (Å²) in [4.78, 5) is 20.8. The number of carbonyl (C=O) groups is 1. The largest absolute Gasteiger partial charge is 0.340 e. The minimum atomic E-state index is 0.0775. The maximum absolute atomic E-state index is 11.6. The number of aryl methyl sites for hydroxylation is 3. The summed E-state index contributed by atoms with van der Waals surface area (Å²) >= 11 is 0. The van der Waals surface area contributed by atoms with E-state index >= 15 is 0 Å². The smallest absolute Gasteiger partial charge is 0.229 e. The molecule has 0 radical (unpaired) electrons. The van der Waals surface area contributed by atoms with Crippen molar-refractivity contribution < 1.29 is 4.79 Å². The third kappa shape index (κ3) is 3.73. The molecule has 0 fully saturated rings. The van der Waals surface area contributed by atoms with Gasteiger partial charge in [-0.05, 0) is 80.0 Å². The van der Waals surface area contributed by atoms with Crippen molar-refractivity contribution >= 4 is 34.7 Å². The maximum Gasteiger partial charge on any atom is 0.229 e. The van der Waals surface area contributed by atoms with Gasteiger partial charge in [0.15, 0.2) is 0 Å². The summed E-state index contributed by atoms with van der Waals surface area (Å²) in [5.74, 6) is 1.44. The predicted molar refractivity (Wildman–Crippen MR) is 120 cm³/mol. The van der Waals surface area contributed by atoms with E-state index < -0.39 is 0 Å². The number of nitrogens with zero attached hydrogens (tertiary/aromatic N) is 2. The summed E-state index contributed by atoms with van der Waals surface area (Å²) in [5, 5.41) is 9.77. The molecule has 6 heteroatoms. The average Bonchev–Trinajstić information content (AvgIpc) is 2.76. The van der Waals surface area contributed by atoms with Crippen LogP contribution in [0.4, 0.5) is 28.8 Å². The number of carbonyl (C=O) groups excluding carboxylic acids is 1. The summed E-state index contributed by atoms with van der Waals surface area (Å²) in [6.45, 7) is 2.00. The van der Waals surface area contributed by atoms with Crippen molar-refractivity contribution in [2.45, 2.75) is 45.4 Å². The third-order valence-electron chi connectivity index (χ3n) is 5.88. The van der Waals surface area contributed by atoms with Crippen LogP contribution in [0.15, 0.2) is 42.6 Å². The minimum absolute atomic E-state index is 0.0775. The van der Waals surface area contributed by atoms with Gasteiger partial charge in [0.1, 0.15) is 5.82 Å². The summed E-state index contributed by atoms with van der Waals surface area (Å²) < 4.78 is 0. The molecular weight excluding hydrogens is 374 g/mol. The van der Waals surface area contributed by atoms with E-state index in [0.717, 1.165) is 53.3 Å². The fourth-order valence-electron chi connectivity index (χ4n) is 4.25. The van der Waals surface area contributed by atoms with Gasteiger partial charge in [-0.2, -0.15) is 4.98 Å². The first kappa shape index (κ1) is 18.6. The molecular formula is C24H25N5O. The highest BCUT2D eigenvalue weighted by molar-refractivity contribution is 5.94. The normalized spacial score (nSPS) is 15.0. The standard InChI is InChI=1S/C24H25N5O/c1-15-14-25-24(28-21-8-4-6-16-5-2-3-7-19(16)21)29-23(15)26-18-10-11-20-17(13-18)9-12-22(30)27-20/h4,6,8,10-11,13-14H,2-3,5,7,9,12H2,1H3,(H,27,30)(H2,25,26,28,29). The van der Waals surface area contributed by atoms with E-state index in [1.807, 2.05) is 25.3 Å². The van der Waals surface area contributed by atoms with E-state index in [1.165, 1.54) is 24.0 Å². The molecule has 1 aromatic heterocycles. The van der Waals surface area contributed by atoms with Crippen molar-refractivity contribution in [3.05, 3.63) is 64.8 Å². The molecule has 0 atom stereocenters. The van der Waals surface area contributed by atoms with Crippen LogP contribution in [0.5, 0.6) is 0 Å².